The van der Waals surface area contributed by atoms with Crippen LogP contribution in [0, 0.1) is 0 Å². The summed E-state index contributed by atoms with van der Waals surface area (Å²) in [6, 6.07) is 28.2. The summed E-state index contributed by atoms with van der Waals surface area (Å²) in [5.74, 6) is -0.0116. The molecule has 3 rings (SSSR count). The van der Waals surface area contributed by atoms with Gasteiger partial charge >= 0.3 is 0 Å². The molecule has 2 nitrogen and oxygen atoms in total. The smallest absolute Gasteiger partial charge is 0.251 e. The molecule has 0 aromatic heterocycles. The quantitative estimate of drug-likeness (QED) is 0.717. The van der Waals surface area contributed by atoms with Crippen molar-refractivity contribution < 1.29 is 4.79 Å². The molecule has 0 radical (unpaired) electrons. The largest absolute Gasteiger partial charge is 0.348 e. The van der Waals surface area contributed by atoms with E-state index in [-0.39, 0.29) is 5.91 Å². The van der Waals surface area contributed by atoms with E-state index in [4.69, 9.17) is 0 Å². The molecule has 0 heterocycles. The highest BCUT2D eigenvalue weighted by atomic mass is 16.1. The van der Waals surface area contributed by atoms with E-state index in [2.05, 4.69) is 17.4 Å². The Balaban J connectivity index is 1.65. The van der Waals surface area contributed by atoms with Crippen LogP contribution in [0.4, 0.5) is 0 Å². The summed E-state index contributed by atoms with van der Waals surface area (Å²) < 4.78 is 0. The summed E-state index contributed by atoms with van der Waals surface area (Å²) in [6.07, 6.45) is 1.79. The number of hydrogen-bond donors (Lipinski definition) is 1. The second-order valence-electron chi connectivity index (χ2n) is 5.81. The SMILES string of the molecule is O=C(NCc1ccccc1)c1ccccc1CCc1ccccc1. The van der Waals surface area contributed by atoms with Gasteiger partial charge in [-0.05, 0) is 35.6 Å². The van der Waals surface area contributed by atoms with Crippen LogP contribution in [0.5, 0.6) is 0 Å². The molecule has 0 fully saturated rings. The number of hydrogen-bond acceptors (Lipinski definition) is 1. The first-order valence-corrected chi connectivity index (χ1v) is 8.27. The summed E-state index contributed by atoms with van der Waals surface area (Å²) in [5, 5.41) is 3.01. The molecule has 0 atom stereocenters. The zero-order valence-electron chi connectivity index (χ0n) is 13.6. The van der Waals surface area contributed by atoms with Crippen LogP contribution >= 0.6 is 0 Å². The molecule has 3 aromatic carbocycles. The minimum Gasteiger partial charge on any atom is -0.348 e. The number of rotatable bonds is 6. The Kier molecular flexibility index (Phi) is 5.41. The Morgan fingerprint density at radius 3 is 1.96 bits per heavy atom. The second-order valence-corrected chi connectivity index (χ2v) is 5.81. The van der Waals surface area contributed by atoms with Gasteiger partial charge in [0.05, 0.1) is 0 Å². The van der Waals surface area contributed by atoms with Crippen LogP contribution in [0.15, 0.2) is 84.9 Å². The van der Waals surface area contributed by atoms with Crippen molar-refractivity contribution in [3.05, 3.63) is 107 Å². The fourth-order valence-corrected chi connectivity index (χ4v) is 2.76. The highest BCUT2D eigenvalue weighted by Gasteiger charge is 2.10. The molecule has 0 spiro atoms. The Bertz CT molecular complexity index is 781. The van der Waals surface area contributed by atoms with Crippen molar-refractivity contribution in [1.82, 2.24) is 5.32 Å². The van der Waals surface area contributed by atoms with Crippen LogP contribution in [0.3, 0.4) is 0 Å². The topological polar surface area (TPSA) is 29.1 Å². The lowest BCUT2D eigenvalue weighted by Gasteiger charge is -2.10. The lowest BCUT2D eigenvalue weighted by molar-refractivity contribution is 0.0950. The molecular weight excluding hydrogens is 294 g/mol. The van der Waals surface area contributed by atoms with Crippen molar-refractivity contribution >= 4 is 5.91 Å². The molecule has 3 aromatic rings. The van der Waals surface area contributed by atoms with Crippen LogP contribution < -0.4 is 5.32 Å². The van der Waals surface area contributed by atoms with E-state index >= 15 is 0 Å². The van der Waals surface area contributed by atoms with Crippen LogP contribution in [0.25, 0.3) is 0 Å². The first-order chi connectivity index (χ1) is 11.8. The van der Waals surface area contributed by atoms with Crippen LogP contribution in [0.2, 0.25) is 0 Å². The lowest BCUT2D eigenvalue weighted by atomic mass is 9.99. The van der Waals surface area contributed by atoms with E-state index in [0.717, 1.165) is 29.5 Å². The average Bonchev–Trinajstić information content (AvgIpc) is 2.66. The van der Waals surface area contributed by atoms with Crippen molar-refractivity contribution in [2.24, 2.45) is 0 Å². The molecule has 1 N–H and O–H groups in total. The van der Waals surface area contributed by atoms with Gasteiger partial charge in [0.15, 0.2) is 0 Å². The standard InChI is InChI=1S/C22H21NO/c24-22(23-17-19-11-5-2-6-12-19)21-14-8-7-13-20(21)16-15-18-9-3-1-4-10-18/h1-14H,15-17H2,(H,23,24). The molecule has 0 saturated carbocycles. The van der Waals surface area contributed by atoms with E-state index in [1.54, 1.807) is 0 Å². The van der Waals surface area contributed by atoms with E-state index in [1.807, 2.05) is 72.8 Å². The fourth-order valence-electron chi connectivity index (χ4n) is 2.76. The van der Waals surface area contributed by atoms with E-state index in [9.17, 15) is 4.79 Å². The van der Waals surface area contributed by atoms with E-state index in [0.29, 0.717) is 6.54 Å². The van der Waals surface area contributed by atoms with Crippen molar-refractivity contribution in [1.29, 1.82) is 0 Å². The molecule has 0 bridgehead atoms. The Labute approximate surface area is 143 Å². The number of carbonyl (C=O) groups is 1. The predicted octanol–water partition coefficient (Wildman–Crippen LogP) is 4.40. The summed E-state index contributed by atoms with van der Waals surface area (Å²) in [6.45, 7) is 0.548. The highest BCUT2D eigenvalue weighted by Crippen LogP contribution is 2.13. The molecule has 24 heavy (non-hydrogen) atoms. The number of carbonyl (C=O) groups excluding carboxylic acids is 1. The highest BCUT2D eigenvalue weighted by molar-refractivity contribution is 5.95. The summed E-state index contributed by atoms with van der Waals surface area (Å²) in [7, 11) is 0. The van der Waals surface area contributed by atoms with Gasteiger partial charge in [-0.15, -0.1) is 0 Å². The molecule has 0 aliphatic heterocycles. The van der Waals surface area contributed by atoms with Crippen LogP contribution in [0.1, 0.15) is 27.0 Å². The molecule has 2 heteroatoms. The molecule has 120 valence electrons. The first-order valence-electron chi connectivity index (χ1n) is 8.27. The zero-order chi connectivity index (χ0) is 16.6. The third kappa shape index (κ3) is 4.32. The fraction of sp³-hybridized carbons (Fsp3) is 0.136. The minimum absolute atomic E-state index is 0.0116. The van der Waals surface area contributed by atoms with Gasteiger partial charge < -0.3 is 5.32 Å². The van der Waals surface area contributed by atoms with Gasteiger partial charge in [0, 0.05) is 12.1 Å². The molecule has 0 aliphatic carbocycles. The maximum absolute atomic E-state index is 12.5. The minimum atomic E-state index is -0.0116. The lowest BCUT2D eigenvalue weighted by Crippen LogP contribution is -2.24. The third-order valence-corrected chi connectivity index (χ3v) is 4.08. The first kappa shape index (κ1) is 16.0. The number of aryl methyl sites for hydroxylation is 2. The van der Waals surface area contributed by atoms with Gasteiger partial charge in [0.1, 0.15) is 0 Å². The van der Waals surface area contributed by atoms with Crippen molar-refractivity contribution in [3.8, 4) is 0 Å². The van der Waals surface area contributed by atoms with Crippen molar-refractivity contribution in [2.45, 2.75) is 19.4 Å². The summed E-state index contributed by atoms with van der Waals surface area (Å²) >= 11 is 0. The summed E-state index contributed by atoms with van der Waals surface area (Å²) in [4.78, 5) is 12.5. The van der Waals surface area contributed by atoms with Gasteiger partial charge in [-0.1, -0.05) is 78.9 Å². The zero-order valence-corrected chi connectivity index (χ0v) is 13.6. The maximum Gasteiger partial charge on any atom is 0.251 e. The average molecular weight is 315 g/mol. The Morgan fingerprint density at radius 1 is 0.667 bits per heavy atom. The second kappa shape index (κ2) is 8.11. The van der Waals surface area contributed by atoms with Gasteiger partial charge in [-0.3, -0.25) is 4.79 Å². The van der Waals surface area contributed by atoms with Crippen molar-refractivity contribution in [3.63, 3.8) is 0 Å². The predicted molar refractivity (Wildman–Crippen MR) is 97.9 cm³/mol. The van der Waals surface area contributed by atoms with Crippen LogP contribution in [-0.2, 0) is 19.4 Å². The molecule has 0 unspecified atom stereocenters. The maximum atomic E-state index is 12.5. The van der Waals surface area contributed by atoms with Gasteiger partial charge in [-0.2, -0.15) is 0 Å². The van der Waals surface area contributed by atoms with Gasteiger partial charge in [0.25, 0.3) is 5.91 Å². The number of nitrogens with one attached hydrogen (secondary N) is 1. The number of benzene rings is 3. The molecule has 1 amide bonds. The summed E-state index contributed by atoms with van der Waals surface area (Å²) in [5.41, 5.74) is 4.25. The molecular formula is C22H21NO. The van der Waals surface area contributed by atoms with Gasteiger partial charge in [0.2, 0.25) is 0 Å². The Morgan fingerprint density at radius 2 is 1.25 bits per heavy atom. The van der Waals surface area contributed by atoms with E-state index in [1.165, 1.54) is 5.56 Å². The van der Waals surface area contributed by atoms with Crippen molar-refractivity contribution in [2.75, 3.05) is 0 Å². The monoisotopic (exact) mass is 315 g/mol. The normalized spacial score (nSPS) is 10.3. The number of amides is 1. The Hall–Kier alpha value is -2.87. The van der Waals surface area contributed by atoms with Gasteiger partial charge in [-0.25, -0.2) is 0 Å². The molecule has 0 saturated heterocycles. The van der Waals surface area contributed by atoms with E-state index < -0.39 is 0 Å². The third-order valence-electron chi connectivity index (χ3n) is 4.08. The molecule has 0 aliphatic rings. The van der Waals surface area contributed by atoms with Crippen LogP contribution in [-0.4, -0.2) is 5.91 Å².